The summed E-state index contributed by atoms with van der Waals surface area (Å²) in [5.41, 5.74) is 0. The maximum absolute atomic E-state index is 11.1. The number of carbonyl (C=O) groups excluding carboxylic acids is 2. The van der Waals surface area contributed by atoms with E-state index in [1.165, 1.54) is 0 Å². The van der Waals surface area contributed by atoms with E-state index >= 15 is 0 Å². The van der Waals surface area contributed by atoms with E-state index in [9.17, 15) is 23.5 Å². The van der Waals surface area contributed by atoms with Gasteiger partial charge in [-0.15, -0.1) is 0 Å². The third-order valence-corrected chi connectivity index (χ3v) is 4.00. The molecule has 21 heavy (non-hydrogen) atoms. The number of aliphatic hydroxyl groups excluding tert-OH is 2. The Balaban J connectivity index is 4.86. The van der Waals surface area contributed by atoms with Crippen molar-refractivity contribution in [2.75, 3.05) is 0 Å². The van der Waals surface area contributed by atoms with Gasteiger partial charge in [0.15, 0.2) is 12.2 Å². The summed E-state index contributed by atoms with van der Waals surface area (Å²) in [6.45, 7) is 0.660. The molecule has 5 N–H and O–H groups in total. The van der Waals surface area contributed by atoms with E-state index in [1.54, 1.807) is 0 Å². The molecule has 0 fully saturated rings. The van der Waals surface area contributed by atoms with Gasteiger partial charge >= 0.3 is 33.6 Å². The molecule has 0 radical (unpaired) electrons. The number of aliphatic hydroxyl groups is 2. The van der Waals surface area contributed by atoms with Gasteiger partial charge < -0.3 is 24.4 Å². The van der Waals surface area contributed by atoms with Gasteiger partial charge in [0.25, 0.3) is 0 Å². The zero-order valence-corrected chi connectivity index (χ0v) is 11.8. The van der Waals surface area contributed by atoms with E-state index in [0.29, 0.717) is 6.92 Å². The summed E-state index contributed by atoms with van der Waals surface area (Å²) in [7, 11) is -11.1. The predicted molar refractivity (Wildman–Crippen MR) is 58.2 cm³/mol. The molecule has 0 spiro atoms. The Kier molecular flexibility index (Phi) is 6.64. The summed E-state index contributed by atoms with van der Waals surface area (Å²) in [6, 6.07) is 0. The van der Waals surface area contributed by atoms with E-state index in [0.717, 1.165) is 0 Å². The Bertz CT molecular complexity index is 525. The molecule has 0 aliphatic rings. The summed E-state index contributed by atoms with van der Waals surface area (Å²) >= 11 is 0. The van der Waals surface area contributed by atoms with Crippen molar-refractivity contribution in [2.45, 2.75) is 19.1 Å². The van der Waals surface area contributed by atoms with Crippen LogP contribution in [-0.4, -0.2) is 55.2 Å². The molecule has 0 aromatic carbocycles. The lowest BCUT2D eigenvalue weighted by Crippen LogP contribution is -2.40. The molecule has 0 bridgehead atoms. The van der Waals surface area contributed by atoms with Crippen LogP contribution in [0.25, 0.3) is 0 Å². The number of carboxylic acids is 1. The first kappa shape index (κ1) is 19.7. The van der Waals surface area contributed by atoms with Crippen LogP contribution in [0, 0.1) is 0 Å². The highest BCUT2D eigenvalue weighted by atomic mass is 31.3. The lowest BCUT2D eigenvalue weighted by atomic mass is 10.2. The van der Waals surface area contributed by atoms with Gasteiger partial charge in [-0.3, -0.25) is 14.6 Å². The molecule has 0 rings (SSSR count). The van der Waals surface area contributed by atoms with Gasteiger partial charge in [0, 0.05) is 6.92 Å². The highest BCUT2D eigenvalue weighted by Gasteiger charge is 2.42. The molecule has 0 aliphatic heterocycles. The zero-order chi connectivity index (χ0) is 17.0. The quantitative estimate of drug-likeness (QED) is 0.317. The molecule has 122 valence electrons. The molecule has 4 unspecified atom stereocenters. The van der Waals surface area contributed by atoms with E-state index < -0.39 is 45.8 Å². The molecular weight excluding hydrogens is 342 g/mol. The second-order valence-electron chi connectivity index (χ2n) is 3.24. The average molecular weight is 352 g/mol. The number of hydrogen-bond acceptors (Lipinski definition) is 10. The summed E-state index contributed by atoms with van der Waals surface area (Å²) in [5.74, 6) is -5.56. The van der Waals surface area contributed by atoms with Crippen molar-refractivity contribution in [2.24, 2.45) is 0 Å². The highest BCUT2D eigenvalue weighted by Crippen LogP contribution is 2.60. The van der Waals surface area contributed by atoms with Crippen LogP contribution in [0.1, 0.15) is 6.92 Å². The number of carbonyl (C=O) groups is 3. The van der Waals surface area contributed by atoms with Crippen LogP contribution in [0.2, 0.25) is 0 Å². The lowest BCUT2D eigenvalue weighted by Gasteiger charge is -2.17. The van der Waals surface area contributed by atoms with Crippen molar-refractivity contribution in [1.82, 2.24) is 0 Å². The predicted octanol–water partition coefficient (Wildman–Crippen LogP) is -1.88. The first-order valence-corrected chi connectivity index (χ1v) is 7.66. The Hall–Kier alpha value is -1.33. The summed E-state index contributed by atoms with van der Waals surface area (Å²) in [6.07, 6.45) is -5.47. The van der Waals surface area contributed by atoms with Gasteiger partial charge in [0.2, 0.25) is 0 Å². The fourth-order valence-corrected chi connectivity index (χ4v) is 2.73. The van der Waals surface area contributed by atoms with E-state index in [2.05, 4.69) is 13.4 Å². The molecule has 15 heteroatoms. The SMILES string of the molecule is CC(=O)OP(=O)(O)OP(=O)(O)OC(=O)C(O)C(O)C(=O)O. The maximum Gasteiger partial charge on any atom is 0.539 e. The number of aliphatic carboxylic acids is 1. The van der Waals surface area contributed by atoms with Crippen LogP contribution < -0.4 is 0 Å². The smallest absolute Gasteiger partial charge is 0.479 e. The minimum absolute atomic E-state index is 0.660. The minimum atomic E-state index is -5.65. The molecule has 0 amide bonds. The Morgan fingerprint density at radius 2 is 1.38 bits per heavy atom. The van der Waals surface area contributed by atoms with Crippen molar-refractivity contribution in [3.05, 3.63) is 0 Å². The van der Waals surface area contributed by atoms with Gasteiger partial charge in [-0.05, 0) is 0 Å². The first-order chi connectivity index (χ1) is 9.27. The average Bonchev–Trinajstić information content (AvgIpc) is 2.21. The zero-order valence-electron chi connectivity index (χ0n) is 10.1. The van der Waals surface area contributed by atoms with Crippen LogP contribution in [0.3, 0.4) is 0 Å². The monoisotopic (exact) mass is 352 g/mol. The topological polar surface area (TPSA) is 214 Å². The first-order valence-electron chi connectivity index (χ1n) is 4.67. The number of phosphoric ester groups is 2. The van der Waals surface area contributed by atoms with Crippen molar-refractivity contribution in [1.29, 1.82) is 0 Å². The Morgan fingerprint density at radius 1 is 0.952 bits per heavy atom. The van der Waals surface area contributed by atoms with Gasteiger partial charge in [0.1, 0.15) is 0 Å². The molecule has 4 atom stereocenters. The largest absolute Gasteiger partial charge is 0.539 e. The molecule has 0 heterocycles. The molecule has 0 aliphatic carbocycles. The number of phosphoric acid groups is 2. The fourth-order valence-electron chi connectivity index (χ4n) is 0.758. The molecule has 0 aromatic heterocycles. The van der Waals surface area contributed by atoms with Crippen LogP contribution >= 0.6 is 15.6 Å². The van der Waals surface area contributed by atoms with Crippen LogP contribution in [0.4, 0.5) is 0 Å². The Morgan fingerprint density at radius 3 is 1.76 bits per heavy atom. The number of rotatable bonds is 7. The Labute approximate surface area is 115 Å². The molecule has 0 saturated carbocycles. The van der Waals surface area contributed by atoms with Gasteiger partial charge in [-0.1, -0.05) is 0 Å². The third kappa shape index (κ3) is 7.29. The van der Waals surface area contributed by atoms with Crippen molar-refractivity contribution in [3.63, 3.8) is 0 Å². The van der Waals surface area contributed by atoms with Crippen LogP contribution in [0.5, 0.6) is 0 Å². The van der Waals surface area contributed by atoms with Crippen LogP contribution in [-0.2, 0) is 36.9 Å². The standard InChI is InChI=1S/C6H10O13P2/c1-2(7)17-20(13,14)19-21(15,16)18-6(12)4(9)3(8)5(10)11/h3-4,8-9H,1H3,(H,10,11)(H,13,14)(H,15,16). The lowest BCUT2D eigenvalue weighted by molar-refractivity contribution is -0.164. The van der Waals surface area contributed by atoms with E-state index in [-0.39, 0.29) is 0 Å². The highest BCUT2D eigenvalue weighted by molar-refractivity contribution is 7.61. The molecule has 0 aromatic rings. The summed E-state index contributed by atoms with van der Waals surface area (Å²) in [4.78, 5) is 49.4. The van der Waals surface area contributed by atoms with Crippen LogP contribution in [0.15, 0.2) is 0 Å². The molecular formula is C6H10O13P2. The normalized spacial score (nSPS) is 19.5. The minimum Gasteiger partial charge on any atom is -0.479 e. The van der Waals surface area contributed by atoms with E-state index in [4.69, 9.17) is 25.1 Å². The summed E-state index contributed by atoms with van der Waals surface area (Å²) in [5, 5.41) is 26.0. The van der Waals surface area contributed by atoms with Gasteiger partial charge in [-0.2, -0.15) is 4.31 Å². The fraction of sp³-hybridized carbons (Fsp3) is 0.500. The van der Waals surface area contributed by atoms with E-state index in [1.807, 2.05) is 0 Å². The molecule has 13 nitrogen and oxygen atoms in total. The maximum atomic E-state index is 11.1. The number of hydrogen-bond donors (Lipinski definition) is 5. The van der Waals surface area contributed by atoms with Crippen molar-refractivity contribution in [3.8, 4) is 0 Å². The van der Waals surface area contributed by atoms with Crippen molar-refractivity contribution >= 4 is 33.6 Å². The molecule has 0 saturated heterocycles. The second kappa shape index (κ2) is 7.09. The third-order valence-electron chi connectivity index (χ3n) is 1.45. The number of carboxylic acid groups (broad SMARTS) is 1. The van der Waals surface area contributed by atoms with Gasteiger partial charge in [0.05, 0.1) is 0 Å². The van der Waals surface area contributed by atoms with Crippen molar-refractivity contribution < 1.29 is 62.0 Å². The summed E-state index contributed by atoms with van der Waals surface area (Å²) < 4.78 is 32.8. The van der Waals surface area contributed by atoms with Gasteiger partial charge in [-0.25, -0.2) is 18.7 Å². The second-order valence-corrected chi connectivity index (χ2v) is 6.13.